The molecule has 13 heavy (non-hydrogen) atoms. The molecule has 0 bridgehead atoms. The van der Waals surface area contributed by atoms with E-state index in [1.54, 1.807) is 0 Å². The zero-order chi connectivity index (χ0) is 8.93. The maximum atomic E-state index is 3.01. The van der Waals surface area contributed by atoms with Crippen molar-refractivity contribution < 1.29 is 4.57 Å². The molecule has 1 aromatic heterocycles. The van der Waals surface area contributed by atoms with Gasteiger partial charge in [-0.1, -0.05) is 30.3 Å². The third kappa shape index (κ3) is 2.15. The molecule has 0 spiro atoms. The Balaban J connectivity index is 2.16. The molecule has 0 saturated heterocycles. The van der Waals surface area contributed by atoms with E-state index >= 15 is 0 Å². The fourth-order valence-corrected chi connectivity index (χ4v) is 1.28. The Morgan fingerprint density at radius 1 is 1.00 bits per heavy atom. The van der Waals surface area contributed by atoms with Crippen LogP contribution < -0.4 is 4.57 Å². The van der Waals surface area contributed by atoms with Crippen LogP contribution in [0.4, 0.5) is 0 Å². The summed E-state index contributed by atoms with van der Waals surface area (Å²) < 4.78 is 2.15. The molecule has 1 radical (unpaired) electrons. The first-order chi connectivity index (χ1) is 6.45. The van der Waals surface area contributed by atoms with Crippen molar-refractivity contribution in [2.24, 2.45) is 0 Å². The van der Waals surface area contributed by atoms with Gasteiger partial charge in [0.2, 0.25) is 0 Å². The normalized spacial score (nSPS) is 9.85. The van der Waals surface area contributed by atoms with Gasteiger partial charge >= 0.3 is 0 Å². The Morgan fingerprint density at radius 2 is 1.69 bits per heavy atom. The van der Waals surface area contributed by atoms with Crippen LogP contribution in [-0.4, -0.2) is 0 Å². The van der Waals surface area contributed by atoms with Gasteiger partial charge in [-0.25, -0.2) is 4.57 Å². The number of rotatable bonds is 2. The summed E-state index contributed by atoms with van der Waals surface area (Å²) >= 11 is 0. The van der Waals surface area contributed by atoms with Gasteiger partial charge in [0.05, 0.1) is 0 Å². The number of aromatic nitrogens is 1. The fraction of sp³-hybridized carbons (Fsp3) is 0.0833. The van der Waals surface area contributed by atoms with Crippen LogP contribution >= 0.6 is 0 Å². The molecule has 0 amide bonds. The van der Waals surface area contributed by atoms with E-state index in [2.05, 4.69) is 35.2 Å². The van der Waals surface area contributed by atoms with Gasteiger partial charge in [0.15, 0.2) is 18.9 Å². The van der Waals surface area contributed by atoms with Gasteiger partial charge in [0.1, 0.15) is 0 Å². The van der Waals surface area contributed by atoms with Crippen molar-refractivity contribution in [1.82, 2.24) is 0 Å². The maximum absolute atomic E-state index is 3.01. The first-order valence-corrected chi connectivity index (χ1v) is 4.34. The van der Waals surface area contributed by atoms with Crippen LogP contribution in [0.3, 0.4) is 0 Å². The fourth-order valence-electron chi connectivity index (χ4n) is 1.28. The topological polar surface area (TPSA) is 3.88 Å². The lowest BCUT2D eigenvalue weighted by Crippen LogP contribution is -2.32. The molecule has 63 valence electrons. The van der Waals surface area contributed by atoms with E-state index in [1.807, 2.05) is 30.3 Å². The number of hydrogen-bond acceptors (Lipinski definition) is 0. The summed E-state index contributed by atoms with van der Waals surface area (Å²) in [7, 11) is 0. The number of hydrogen-bond donors (Lipinski definition) is 0. The minimum atomic E-state index is 0.926. The second kappa shape index (κ2) is 3.85. The van der Waals surface area contributed by atoms with Crippen LogP contribution in [-0.2, 0) is 6.54 Å². The molecule has 1 nitrogen and oxygen atoms in total. The summed E-state index contributed by atoms with van der Waals surface area (Å²) in [5.41, 5.74) is 1.30. The molecule has 1 aromatic carbocycles. The molecule has 0 fully saturated rings. The van der Waals surface area contributed by atoms with Crippen LogP contribution in [0.1, 0.15) is 5.56 Å². The summed E-state index contributed by atoms with van der Waals surface area (Å²) in [6.07, 6.45) is 4.13. The SMILES string of the molecule is [c]1ccc(C[n+]2ccccc2)cc1. The van der Waals surface area contributed by atoms with Gasteiger partial charge in [-0.2, -0.15) is 0 Å². The van der Waals surface area contributed by atoms with E-state index in [0.717, 1.165) is 6.54 Å². The van der Waals surface area contributed by atoms with Crippen LogP contribution in [0.5, 0.6) is 0 Å². The van der Waals surface area contributed by atoms with Crippen molar-refractivity contribution in [3.05, 3.63) is 66.5 Å². The molecular weight excluding hydrogens is 158 g/mol. The second-order valence-corrected chi connectivity index (χ2v) is 2.96. The largest absolute Gasteiger partial charge is 0.201 e. The highest BCUT2D eigenvalue weighted by Gasteiger charge is 1.98. The van der Waals surface area contributed by atoms with Crippen molar-refractivity contribution in [2.45, 2.75) is 6.54 Å². The van der Waals surface area contributed by atoms with E-state index in [1.165, 1.54) is 5.56 Å². The molecule has 0 aliphatic carbocycles. The first kappa shape index (κ1) is 7.99. The molecule has 1 heteroatoms. The van der Waals surface area contributed by atoms with Gasteiger partial charge in [0, 0.05) is 17.7 Å². The highest BCUT2D eigenvalue weighted by atomic mass is 14.9. The molecule has 0 atom stereocenters. The molecule has 0 saturated carbocycles. The van der Waals surface area contributed by atoms with Crippen LogP contribution in [0.2, 0.25) is 0 Å². The number of nitrogens with zero attached hydrogens (tertiary/aromatic N) is 1. The van der Waals surface area contributed by atoms with Crippen molar-refractivity contribution in [2.75, 3.05) is 0 Å². The molecular formula is C12H11N+. The smallest absolute Gasteiger partial charge is 0.173 e. The van der Waals surface area contributed by atoms with Crippen molar-refractivity contribution >= 4 is 0 Å². The molecule has 0 N–H and O–H groups in total. The zero-order valence-corrected chi connectivity index (χ0v) is 7.35. The predicted molar refractivity (Wildman–Crippen MR) is 51.0 cm³/mol. The summed E-state index contributed by atoms with van der Waals surface area (Å²) in [5.74, 6) is 0. The first-order valence-electron chi connectivity index (χ1n) is 4.34. The van der Waals surface area contributed by atoms with Crippen molar-refractivity contribution in [1.29, 1.82) is 0 Å². The second-order valence-electron chi connectivity index (χ2n) is 2.96. The number of benzene rings is 1. The summed E-state index contributed by atoms with van der Waals surface area (Å²) in [4.78, 5) is 0. The highest BCUT2D eigenvalue weighted by molar-refractivity contribution is 5.12. The van der Waals surface area contributed by atoms with Crippen molar-refractivity contribution in [3.8, 4) is 0 Å². The lowest BCUT2D eigenvalue weighted by Gasteiger charge is -1.95. The van der Waals surface area contributed by atoms with Crippen LogP contribution in [0.15, 0.2) is 54.9 Å². The van der Waals surface area contributed by atoms with E-state index in [4.69, 9.17) is 0 Å². The van der Waals surface area contributed by atoms with Gasteiger partial charge in [-0.3, -0.25) is 0 Å². The Hall–Kier alpha value is -1.63. The van der Waals surface area contributed by atoms with Gasteiger partial charge in [0.25, 0.3) is 0 Å². The van der Waals surface area contributed by atoms with Crippen LogP contribution in [0, 0.1) is 6.07 Å². The monoisotopic (exact) mass is 169 g/mol. The molecule has 0 unspecified atom stereocenters. The molecule has 0 aliphatic heterocycles. The van der Waals surface area contributed by atoms with Crippen LogP contribution in [0.25, 0.3) is 0 Å². The highest BCUT2D eigenvalue weighted by Crippen LogP contribution is 1.96. The van der Waals surface area contributed by atoms with E-state index < -0.39 is 0 Å². The Morgan fingerprint density at radius 3 is 2.38 bits per heavy atom. The summed E-state index contributed by atoms with van der Waals surface area (Å²) in [6, 6.07) is 17.2. The Bertz CT molecular complexity index is 316. The third-order valence-electron chi connectivity index (χ3n) is 1.93. The predicted octanol–water partition coefficient (Wildman–Crippen LogP) is 1.82. The van der Waals surface area contributed by atoms with E-state index in [0.29, 0.717) is 0 Å². The van der Waals surface area contributed by atoms with E-state index in [9.17, 15) is 0 Å². The summed E-state index contributed by atoms with van der Waals surface area (Å²) in [5, 5.41) is 0. The quantitative estimate of drug-likeness (QED) is 0.604. The zero-order valence-electron chi connectivity index (χ0n) is 7.35. The van der Waals surface area contributed by atoms with E-state index in [-0.39, 0.29) is 0 Å². The average Bonchev–Trinajstić information content (AvgIpc) is 2.21. The maximum Gasteiger partial charge on any atom is 0.173 e. The Kier molecular flexibility index (Phi) is 2.37. The van der Waals surface area contributed by atoms with Gasteiger partial charge in [-0.05, 0) is 6.07 Å². The van der Waals surface area contributed by atoms with Crippen molar-refractivity contribution in [3.63, 3.8) is 0 Å². The molecule has 1 heterocycles. The standard InChI is InChI=1S/C12H11N/c1-3-7-12(8-4-1)11-13-9-5-2-6-10-13/h2-10H,11H2/q+1. The lowest BCUT2D eigenvalue weighted by atomic mass is 10.2. The molecule has 0 aliphatic rings. The third-order valence-corrected chi connectivity index (χ3v) is 1.93. The minimum Gasteiger partial charge on any atom is -0.201 e. The summed E-state index contributed by atoms with van der Waals surface area (Å²) in [6.45, 7) is 0.926. The lowest BCUT2D eigenvalue weighted by molar-refractivity contribution is -0.688. The minimum absolute atomic E-state index is 0.926. The Labute approximate surface area is 78.3 Å². The van der Waals surface area contributed by atoms with Gasteiger partial charge < -0.3 is 0 Å². The molecule has 2 rings (SSSR count). The number of pyridine rings is 1. The molecule has 2 aromatic rings. The average molecular weight is 169 g/mol. The van der Waals surface area contributed by atoms with Gasteiger partial charge in [-0.15, -0.1) is 0 Å².